The number of halogens is 1. The molecule has 5 heteroatoms. The zero-order valence-corrected chi connectivity index (χ0v) is 13.8. The molecule has 1 heterocycles. The zero-order chi connectivity index (χ0) is 14.1. The van der Waals surface area contributed by atoms with Crippen LogP contribution < -0.4 is 11.3 Å². The van der Waals surface area contributed by atoms with Crippen molar-refractivity contribution in [2.24, 2.45) is 30.6 Å². The first-order valence-electron chi connectivity index (χ1n) is 7.84. The second-order valence-electron chi connectivity index (χ2n) is 6.52. The lowest BCUT2D eigenvalue weighted by Gasteiger charge is -2.41. The first kappa shape index (κ1) is 14.5. The van der Waals surface area contributed by atoms with E-state index in [0.717, 1.165) is 16.3 Å². The summed E-state index contributed by atoms with van der Waals surface area (Å²) in [5.74, 6) is 8.42. The Morgan fingerprint density at radius 1 is 1.30 bits per heavy atom. The molecule has 0 aliphatic heterocycles. The van der Waals surface area contributed by atoms with Crippen LogP contribution in [-0.2, 0) is 7.05 Å². The van der Waals surface area contributed by atoms with Gasteiger partial charge in [0, 0.05) is 7.05 Å². The summed E-state index contributed by atoms with van der Waals surface area (Å²) in [6.07, 6.45) is 11.6. The smallest absolute Gasteiger partial charge is 0.0708 e. The van der Waals surface area contributed by atoms with E-state index in [2.05, 4.69) is 26.5 Å². The van der Waals surface area contributed by atoms with E-state index < -0.39 is 0 Å². The molecule has 3 N–H and O–H groups in total. The van der Waals surface area contributed by atoms with Crippen LogP contribution in [0.4, 0.5) is 0 Å². The quantitative estimate of drug-likeness (QED) is 0.655. The third kappa shape index (κ3) is 2.68. The monoisotopic (exact) mass is 340 g/mol. The summed E-state index contributed by atoms with van der Waals surface area (Å²) in [5.41, 5.74) is 4.25. The van der Waals surface area contributed by atoms with Crippen LogP contribution in [0.3, 0.4) is 0 Å². The number of aromatic nitrogens is 2. The molecule has 2 aliphatic carbocycles. The molecule has 3 rings (SSSR count). The summed E-state index contributed by atoms with van der Waals surface area (Å²) >= 11 is 3.62. The van der Waals surface area contributed by atoms with Gasteiger partial charge in [0.1, 0.15) is 0 Å². The number of nitrogens with one attached hydrogen (secondary N) is 1. The van der Waals surface area contributed by atoms with E-state index in [-0.39, 0.29) is 6.04 Å². The summed E-state index contributed by atoms with van der Waals surface area (Å²) in [5, 5.41) is 4.34. The summed E-state index contributed by atoms with van der Waals surface area (Å²) in [6.45, 7) is 0. The Balaban J connectivity index is 1.77. The minimum Gasteiger partial charge on any atom is -0.271 e. The van der Waals surface area contributed by atoms with Crippen molar-refractivity contribution in [2.45, 2.75) is 51.0 Å². The molecule has 4 nitrogen and oxygen atoms in total. The molecule has 0 spiro atoms. The fraction of sp³-hybridized carbons (Fsp3) is 0.800. The summed E-state index contributed by atoms with van der Waals surface area (Å²) in [4.78, 5) is 0. The molecule has 4 atom stereocenters. The zero-order valence-electron chi connectivity index (χ0n) is 12.2. The second kappa shape index (κ2) is 6.16. The average molecular weight is 341 g/mol. The van der Waals surface area contributed by atoms with E-state index in [1.165, 1.54) is 50.6 Å². The highest BCUT2D eigenvalue weighted by Gasteiger charge is 2.37. The lowest BCUT2D eigenvalue weighted by atomic mass is 9.66. The van der Waals surface area contributed by atoms with Crippen molar-refractivity contribution in [3.8, 4) is 0 Å². The number of hydrogen-bond donors (Lipinski definition) is 2. The lowest BCUT2D eigenvalue weighted by molar-refractivity contribution is 0.107. The molecule has 2 saturated carbocycles. The minimum atomic E-state index is 0.208. The van der Waals surface area contributed by atoms with Crippen molar-refractivity contribution in [3.63, 3.8) is 0 Å². The molecule has 4 unspecified atom stereocenters. The van der Waals surface area contributed by atoms with Crippen LogP contribution in [0, 0.1) is 17.8 Å². The molecule has 0 bridgehead atoms. The van der Waals surface area contributed by atoms with Crippen molar-refractivity contribution in [1.29, 1.82) is 0 Å². The number of nitrogens with zero attached hydrogens (tertiary/aromatic N) is 2. The molecule has 2 aliphatic rings. The maximum absolute atomic E-state index is 5.89. The Morgan fingerprint density at radius 3 is 2.70 bits per heavy atom. The fourth-order valence-corrected chi connectivity index (χ4v) is 5.02. The Labute approximate surface area is 129 Å². The van der Waals surface area contributed by atoms with E-state index in [1.54, 1.807) is 0 Å². The second-order valence-corrected chi connectivity index (χ2v) is 7.38. The van der Waals surface area contributed by atoms with Crippen LogP contribution in [0.1, 0.15) is 56.7 Å². The van der Waals surface area contributed by atoms with Crippen molar-refractivity contribution in [3.05, 3.63) is 16.4 Å². The minimum absolute atomic E-state index is 0.208. The molecule has 0 saturated heterocycles. The van der Waals surface area contributed by atoms with E-state index in [0.29, 0.717) is 5.92 Å². The van der Waals surface area contributed by atoms with Gasteiger partial charge >= 0.3 is 0 Å². The molecule has 0 amide bonds. The predicted octanol–water partition coefficient (Wildman–Crippen LogP) is 3.29. The third-order valence-electron chi connectivity index (χ3n) is 5.46. The first-order valence-corrected chi connectivity index (χ1v) is 8.63. The van der Waals surface area contributed by atoms with E-state index >= 15 is 0 Å². The fourth-order valence-electron chi connectivity index (χ4n) is 4.42. The average Bonchev–Trinajstić information content (AvgIpc) is 2.80. The Kier molecular flexibility index (Phi) is 4.48. The number of rotatable bonds is 3. The largest absolute Gasteiger partial charge is 0.271 e. The van der Waals surface area contributed by atoms with Crippen LogP contribution in [0.5, 0.6) is 0 Å². The molecular weight excluding hydrogens is 316 g/mol. The molecule has 1 aromatic heterocycles. The van der Waals surface area contributed by atoms with E-state index in [1.807, 2.05) is 17.9 Å². The maximum atomic E-state index is 5.89. The third-order valence-corrected chi connectivity index (χ3v) is 6.07. The highest BCUT2D eigenvalue weighted by molar-refractivity contribution is 9.10. The maximum Gasteiger partial charge on any atom is 0.0708 e. The highest BCUT2D eigenvalue weighted by Crippen LogP contribution is 2.46. The van der Waals surface area contributed by atoms with Crippen LogP contribution in [0.25, 0.3) is 0 Å². The van der Waals surface area contributed by atoms with Gasteiger partial charge in [-0.3, -0.25) is 16.0 Å². The number of fused-ring (bicyclic) bond motifs is 1. The normalized spacial score (nSPS) is 31.9. The summed E-state index contributed by atoms with van der Waals surface area (Å²) < 4.78 is 3.01. The van der Waals surface area contributed by atoms with Gasteiger partial charge in [-0.15, -0.1) is 0 Å². The van der Waals surface area contributed by atoms with Gasteiger partial charge in [0.15, 0.2) is 0 Å². The predicted molar refractivity (Wildman–Crippen MR) is 83.8 cm³/mol. The van der Waals surface area contributed by atoms with Crippen molar-refractivity contribution in [1.82, 2.24) is 15.2 Å². The van der Waals surface area contributed by atoms with Crippen molar-refractivity contribution < 1.29 is 0 Å². The van der Waals surface area contributed by atoms with Gasteiger partial charge in [0.2, 0.25) is 0 Å². The SMILES string of the molecule is Cn1ncc(Br)c1C(NN)C1CCC2CCCCC2C1. The number of nitrogens with two attached hydrogens (primary N) is 1. The number of hydrogen-bond acceptors (Lipinski definition) is 3. The Hall–Kier alpha value is -0.390. The van der Waals surface area contributed by atoms with Gasteiger partial charge in [-0.1, -0.05) is 25.7 Å². The van der Waals surface area contributed by atoms with Crippen LogP contribution in [-0.4, -0.2) is 9.78 Å². The number of hydrazine groups is 1. The molecule has 112 valence electrons. The van der Waals surface area contributed by atoms with Gasteiger partial charge in [-0.25, -0.2) is 0 Å². The van der Waals surface area contributed by atoms with Gasteiger partial charge in [0.25, 0.3) is 0 Å². The molecule has 20 heavy (non-hydrogen) atoms. The highest BCUT2D eigenvalue weighted by atomic mass is 79.9. The Bertz CT molecular complexity index is 439. The van der Waals surface area contributed by atoms with Gasteiger partial charge < -0.3 is 0 Å². The van der Waals surface area contributed by atoms with Crippen LogP contribution in [0.2, 0.25) is 0 Å². The van der Waals surface area contributed by atoms with E-state index in [4.69, 9.17) is 5.84 Å². The van der Waals surface area contributed by atoms with Crippen LogP contribution in [0.15, 0.2) is 10.7 Å². The molecule has 0 radical (unpaired) electrons. The standard InChI is InChI=1S/C15H25BrN4/c1-20-15(13(16)9-18-20)14(19-17)12-7-6-10-4-2-3-5-11(10)8-12/h9-12,14,19H,2-8,17H2,1H3. The Morgan fingerprint density at radius 2 is 2.05 bits per heavy atom. The summed E-state index contributed by atoms with van der Waals surface area (Å²) in [6, 6.07) is 0.208. The van der Waals surface area contributed by atoms with Crippen molar-refractivity contribution >= 4 is 15.9 Å². The lowest BCUT2D eigenvalue weighted by Crippen LogP contribution is -2.39. The van der Waals surface area contributed by atoms with Gasteiger partial charge in [0.05, 0.1) is 22.4 Å². The molecule has 2 fully saturated rings. The van der Waals surface area contributed by atoms with Crippen molar-refractivity contribution in [2.75, 3.05) is 0 Å². The van der Waals surface area contributed by atoms with E-state index in [9.17, 15) is 0 Å². The number of aryl methyl sites for hydroxylation is 1. The van der Waals surface area contributed by atoms with Gasteiger partial charge in [-0.05, 0) is 52.9 Å². The van der Waals surface area contributed by atoms with Gasteiger partial charge in [-0.2, -0.15) is 5.10 Å². The molecule has 1 aromatic rings. The molecular formula is C15H25BrN4. The molecule has 0 aromatic carbocycles. The first-order chi connectivity index (χ1) is 9.70. The summed E-state index contributed by atoms with van der Waals surface area (Å²) in [7, 11) is 2.00. The topological polar surface area (TPSA) is 55.9 Å². The van der Waals surface area contributed by atoms with Crippen LogP contribution >= 0.6 is 15.9 Å².